The molecule has 0 aliphatic carbocycles. The average Bonchev–Trinajstić information content (AvgIpc) is 1.69. The van der Waals surface area contributed by atoms with E-state index < -0.39 is 0 Å². The van der Waals surface area contributed by atoms with E-state index in [0.717, 1.165) is 0 Å². The van der Waals surface area contributed by atoms with Gasteiger partial charge in [0.1, 0.15) is 6.26 Å². The summed E-state index contributed by atoms with van der Waals surface area (Å²) in [6.07, 6.45) is 4.79. The lowest BCUT2D eigenvalue weighted by Crippen LogP contribution is -1.61. The molecule has 40 valence electrons. The topological polar surface area (TPSA) is 21.6 Å². The Balaban J connectivity index is 3.09. The van der Waals surface area contributed by atoms with Gasteiger partial charge in [-0.25, -0.2) is 0 Å². The summed E-state index contributed by atoms with van der Waals surface area (Å²) < 4.78 is 4.55. The van der Waals surface area contributed by atoms with Gasteiger partial charge in [-0.1, -0.05) is 0 Å². The van der Waals surface area contributed by atoms with Crippen molar-refractivity contribution in [2.24, 2.45) is 4.99 Å². The summed E-state index contributed by atoms with van der Waals surface area (Å²) >= 11 is 0. The quantitative estimate of drug-likeness (QED) is 0.376. The molecule has 0 aromatic carbocycles. The van der Waals surface area contributed by atoms with Crippen LogP contribution in [0.2, 0.25) is 0 Å². The smallest absolute Gasteiger partial charge is 0.101 e. The van der Waals surface area contributed by atoms with Crippen molar-refractivity contribution in [3.8, 4) is 0 Å². The SMILES string of the molecule is C/C=N\C=C/OC. The fraction of sp³-hybridized carbons (Fsp3) is 0.400. The maximum Gasteiger partial charge on any atom is 0.101 e. The number of nitrogens with zero attached hydrogens (tertiary/aromatic N) is 1. The normalized spacial score (nSPS) is 11.1. The van der Waals surface area contributed by atoms with Gasteiger partial charge in [-0.3, -0.25) is 4.99 Å². The van der Waals surface area contributed by atoms with Crippen LogP contribution in [0.25, 0.3) is 0 Å². The van der Waals surface area contributed by atoms with E-state index >= 15 is 0 Å². The summed E-state index contributed by atoms with van der Waals surface area (Å²) in [6, 6.07) is 0. The molecular formula is C5H9NO. The highest BCUT2D eigenvalue weighted by Crippen LogP contribution is 1.70. The Morgan fingerprint density at radius 3 is 2.71 bits per heavy atom. The highest BCUT2D eigenvalue weighted by atomic mass is 16.5. The maximum atomic E-state index is 4.55. The second kappa shape index (κ2) is 5.21. The van der Waals surface area contributed by atoms with Gasteiger partial charge in [0, 0.05) is 6.21 Å². The molecule has 0 bridgehead atoms. The van der Waals surface area contributed by atoms with Crippen molar-refractivity contribution in [3.05, 3.63) is 12.5 Å². The van der Waals surface area contributed by atoms with E-state index in [2.05, 4.69) is 9.73 Å². The highest BCUT2D eigenvalue weighted by Gasteiger charge is 1.55. The van der Waals surface area contributed by atoms with Crippen molar-refractivity contribution < 1.29 is 4.74 Å². The van der Waals surface area contributed by atoms with E-state index in [9.17, 15) is 0 Å². The summed E-state index contributed by atoms with van der Waals surface area (Å²) in [5, 5.41) is 0. The molecular weight excluding hydrogens is 90.1 g/mol. The van der Waals surface area contributed by atoms with Gasteiger partial charge in [0.2, 0.25) is 0 Å². The first-order valence-electron chi connectivity index (χ1n) is 2.07. The Bertz CT molecular complexity index is 76.1. The van der Waals surface area contributed by atoms with E-state index in [-0.39, 0.29) is 0 Å². The Labute approximate surface area is 43.5 Å². The minimum atomic E-state index is 1.51. The molecule has 0 aromatic rings. The van der Waals surface area contributed by atoms with Crippen molar-refractivity contribution >= 4 is 6.21 Å². The largest absolute Gasteiger partial charge is 0.503 e. The average molecular weight is 99.1 g/mol. The first kappa shape index (κ1) is 6.21. The Kier molecular flexibility index (Phi) is 4.62. The minimum absolute atomic E-state index is 1.51. The molecule has 0 amide bonds. The molecule has 0 N–H and O–H groups in total. The summed E-state index contributed by atoms with van der Waals surface area (Å²) in [5.74, 6) is 0. The fourth-order valence-corrected chi connectivity index (χ4v) is 0.182. The van der Waals surface area contributed by atoms with Crippen LogP contribution in [-0.2, 0) is 4.74 Å². The van der Waals surface area contributed by atoms with Crippen molar-refractivity contribution in [2.45, 2.75) is 6.92 Å². The van der Waals surface area contributed by atoms with Crippen LogP contribution in [0.4, 0.5) is 0 Å². The van der Waals surface area contributed by atoms with Crippen LogP contribution in [0.1, 0.15) is 6.92 Å². The molecule has 0 aliphatic rings. The van der Waals surface area contributed by atoms with Crippen LogP contribution in [0.5, 0.6) is 0 Å². The first-order valence-corrected chi connectivity index (χ1v) is 2.07. The van der Waals surface area contributed by atoms with Crippen LogP contribution in [0.3, 0.4) is 0 Å². The third kappa shape index (κ3) is 5.21. The van der Waals surface area contributed by atoms with Crippen molar-refractivity contribution in [2.75, 3.05) is 7.11 Å². The summed E-state index contributed by atoms with van der Waals surface area (Å²) in [4.78, 5) is 3.73. The van der Waals surface area contributed by atoms with Gasteiger partial charge in [-0.05, 0) is 6.92 Å². The molecule has 0 unspecified atom stereocenters. The lowest BCUT2D eigenvalue weighted by molar-refractivity contribution is 0.337. The fourth-order valence-electron chi connectivity index (χ4n) is 0.182. The van der Waals surface area contributed by atoms with Gasteiger partial charge in [0.15, 0.2) is 0 Å². The Morgan fingerprint density at radius 2 is 2.29 bits per heavy atom. The third-order valence-corrected chi connectivity index (χ3v) is 0.432. The lowest BCUT2D eigenvalue weighted by Gasteiger charge is -1.78. The van der Waals surface area contributed by atoms with E-state index in [1.807, 2.05) is 6.92 Å². The monoisotopic (exact) mass is 99.1 g/mol. The summed E-state index contributed by atoms with van der Waals surface area (Å²) in [6.45, 7) is 1.85. The van der Waals surface area contributed by atoms with E-state index in [1.165, 1.54) is 6.26 Å². The van der Waals surface area contributed by atoms with Gasteiger partial charge in [-0.2, -0.15) is 0 Å². The lowest BCUT2D eigenvalue weighted by atomic mass is 10.8. The van der Waals surface area contributed by atoms with Crippen molar-refractivity contribution in [1.29, 1.82) is 0 Å². The van der Waals surface area contributed by atoms with Gasteiger partial charge < -0.3 is 4.74 Å². The molecule has 0 saturated heterocycles. The van der Waals surface area contributed by atoms with Gasteiger partial charge >= 0.3 is 0 Å². The zero-order valence-corrected chi connectivity index (χ0v) is 4.59. The van der Waals surface area contributed by atoms with Crippen molar-refractivity contribution in [3.63, 3.8) is 0 Å². The highest BCUT2D eigenvalue weighted by molar-refractivity contribution is 5.54. The van der Waals surface area contributed by atoms with Gasteiger partial charge in [0.25, 0.3) is 0 Å². The number of hydrogen-bond donors (Lipinski definition) is 0. The Morgan fingerprint density at radius 1 is 1.57 bits per heavy atom. The molecule has 0 radical (unpaired) electrons. The van der Waals surface area contributed by atoms with E-state index in [0.29, 0.717) is 0 Å². The zero-order valence-electron chi connectivity index (χ0n) is 4.59. The number of ether oxygens (including phenoxy) is 1. The van der Waals surface area contributed by atoms with Crippen LogP contribution >= 0.6 is 0 Å². The van der Waals surface area contributed by atoms with Gasteiger partial charge in [0.05, 0.1) is 13.3 Å². The molecule has 7 heavy (non-hydrogen) atoms. The number of rotatable bonds is 2. The van der Waals surface area contributed by atoms with E-state index in [4.69, 9.17) is 0 Å². The molecule has 0 aliphatic heterocycles. The molecule has 0 rings (SSSR count). The predicted molar refractivity (Wildman–Crippen MR) is 30.3 cm³/mol. The molecule has 0 spiro atoms. The van der Waals surface area contributed by atoms with Crippen LogP contribution in [0, 0.1) is 0 Å². The summed E-state index contributed by atoms with van der Waals surface area (Å²) in [5.41, 5.74) is 0. The number of aliphatic imine (C=N–C) groups is 1. The van der Waals surface area contributed by atoms with E-state index in [1.54, 1.807) is 19.5 Å². The van der Waals surface area contributed by atoms with Crippen LogP contribution < -0.4 is 0 Å². The third-order valence-electron chi connectivity index (χ3n) is 0.432. The molecule has 2 heteroatoms. The second-order valence-electron chi connectivity index (χ2n) is 0.928. The Hall–Kier alpha value is -0.790. The molecule has 0 heterocycles. The number of hydrogen-bond acceptors (Lipinski definition) is 2. The summed E-state index contributed by atoms with van der Waals surface area (Å²) in [7, 11) is 1.58. The van der Waals surface area contributed by atoms with Crippen molar-refractivity contribution in [1.82, 2.24) is 0 Å². The van der Waals surface area contributed by atoms with Crippen LogP contribution in [-0.4, -0.2) is 13.3 Å². The molecule has 0 fully saturated rings. The number of methoxy groups -OCH3 is 1. The molecule has 0 saturated carbocycles. The predicted octanol–water partition coefficient (Wildman–Crippen LogP) is 1.19. The second-order valence-corrected chi connectivity index (χ2v) is 0.928. The van der Waals surface area contributed by atoms with Gasteiger partial charge in [-0.15, -0.1) is 0 Å². The molecule has 0 aromatic heterocycles. The standard InChI is InChI=1S/C5H9NO/c1-3-6-4-5-7-2/h3-5H,1-2H3/b5-4-,6-3-. The van der Waals surface area contributed by atoms with Crippen LogP contribution in [0.15, 0.2) is 17.5 Å². The first-order chi connectivity index (χ1) is 3.41. The molecule has 2 nitrogen and oxygen atoms in total. The minimum Gasteiger partial charge on any atom is -0.503 e. The zero-order chi connectivity index (χ0) is 5.54. The maximum absolute atomic E-state index is 4.55. The molecule has 0 atom stereocenters.